The first-order valence-corrected chi connectivity index (χ1v) is 9.12. The van der Waals surface area contributed by atoms with Gasteiger partial charge in [0.05, 0.1) is 5.69 Å². The molecule has 1 heterocycles. The third kappa shape index (κ3) is 2.32. The quantitative estimate of drug-likeness (QED) is 0.846. The fraction of sp³-hybridized carbons (Fsp3) is 0. The summed E-state index contributed by atoms with van der Waals surface area (Å²) in [6, 6.07) is 10.3. The Labute approximate surface area is 132 Å². The zero-order valence-electron chi connectivity index (χ0n) is 11.4. The summed E-state index contributed by atoms with van der Waals surface area (Å²) >= 11 is 0. The molecule has 0 aromatic heterocycles. The Morgan fingerprint density at radius 1 is 0.870 bits per heavy atom. The maximum absolute atomic E-state index is 12.5. The van der Waals surface area contributed by atoms with Gasteiger partial charge in [-0.2, -0.15) is 20.5 Å². The van der Waals surface area contributed by atoms with Crippen LogP contribution in [0.25, 0.3) is 0 Å². The van der Waals surface area contributed by atoms with Crippen molar-refractivity contribution in [2.75, 3.05) is 9.03 Å². The lowest BCUT2D eigenvalue weighted by molar-refractivity contribution is 0.209. The molecule has 2 aromatic carbocycles. The van der Waals surface area contributed by atoms with Crippen LogP contribution in [0, 0.1) is 0 Å². The van der Waals surface area contributed by atoms with E-state index in [4.69, 9.17) is 5.11 Å². The third-order valence-electron chi connectivity index (χ3n) is 3.17. The van der Waals surface area contributed by atoms with E-state index in [1.807, 2.05) is 0 Å². The van der Waals surface area contributed by atoms with Gasteiger partial charge in [-0.1, -0.05) is 12.1 Å². The summed E-state index contributed by atoms with van der Waals surface area (Å²) in [4.78, 5) is 9.98. The molecule has 2 aromatic rings. The number of carboxylic acid groups (broad SMARTS) is 1. The molecule has 0 aliphatic carbocycles. The van der Waals surface area contributed by atoms with Gasteiger partial charge in [-0.3, -0.25) is 5.32 Å². The topological polar surface area (TPSA) is 121 Å². The van der Waals surface area contributed by atoms with Gasteiger partial charge in [0.25, 0.3) is 20.0 Å². The number of amides is 1. The summed E-state index contributed by atoms with van der Waals surface area (Å²) in [6.07, 6.45) is -1.29. The number of sulfonamides is 2. The van der Waals surface area contributed by atoms with Gasteiger partial charge in [0.2, 0.25) is 0 Å². The van der Waals surface area contributed by atoms with Crippen LogP contribution in [-0.4, -0.2) is 28.0 Å². The average molecular weight is 354 g/mol. The molecular weight excluding hydrogens is 344 g/mol. The van der Waals surface area contributed by atoms with Crippen LogP contribution < -0.4 is 9.03 Å². The minimum atomic E-state index is -4.23. The molecule has 0 saturated carbocycles. The van der Waals surface area contributed by atoms with Crippen LogP contribution >= 0.6 is 0 Å². The molecule has 3 rings (SSSR count). The van der Waals surface area contributed by atoms with Gasteiger partial charge >= 0.3 is 6.09 Å². The van der Waals surface area contributed by atoms with Gasteiger partial charge in [0, 0.05) is 5.69 Å². The van der Waals surface area contributed by atoms with Gasteiger partial charge in [0.1, 0.15) is 9.79 Å². The molecule has 0 spiro atoms. The van der Waals surface area contributed by atoms with Crippen LogP contribution in [0.1, 0.15) is 0 Å². The molecule has 10 heteroatoms. The van der Waals surface area contributed by atoms with Crippen molar-refractivity contribution >= 4 is 37.5 Å². The molecule has 120 valence electrons. The number of anilines is 2. The predicted molar refractivity (Wildman–Crippen MR) is 81.4 cm³/mol. The van der Waals surface area contributed by atoms with Crippen LogP contribution in [-0.2, 0) is 20.0 Å². The van der Waals surface area contributed by atoms with Gasteiger partial charge in [-0.15, -0.1) is 0 Å². The maximum Gasteiger partial charge on any atom is 0.409 e. The van der Waals surface area contributed by atoms with E-state index in [2.05, 4.69) is 5.32 Å². The smallest absolute Gasteiger partial charge is 0.409 e. The summed E-state index contributed by atoms with van der Waals surface area (Å²) in [5, 5.41) is 10.7. The van der Waals surface area contributed by atoms with Crippen molar-refractivity contribution in [3.63, 3.8) is 0 Å². The van der Waals surface area contributed by atoms with Crippen LogP contribution in [0.5, 0.6) is 0 Å². The van der Waals surface area contributed by atoms with Gasteiger partial charge in [0.15, 0.2) is 0 Å². The monoisotopic (exact) mass is 354 g/mol. The second kappa shape index (κ2) is 4.96. The number of nitrogens with zero attached hydrogens (tertiary/aromatic N) is 1. The molecule has 0 unspecified atom stereocenters. The van der Waals surface area contributed by atoms with Crippen LogP contribution in [0.2, 0.25) is 0 Å². The highest BCUT2D eigenvalue weighted by atomic mass is 32.3. The summed E-state index contributed by atoms with van der Waals surface area (Å²) < 4.78 is 50.3. The van der Waals surface area contributed by atoms with Crippen LogP contribution in [0.3, 0.4) is 0 Å². The zero-order valence-corrected chi connectivity index (χ0v) is 13.0. The molecule has 0 fully saturated rings. The normalized spacial score (nSPS) is 17.5. The van der Waals surface area contributed by atoms with E-state index in [9.17, 15) is 21.6 Å². The number of carbonyl (C=O) groups is 1. The lowest BCUT2D eigenvalue weighted by atomic mass is 10.3. The predicted octanol–water partition coefficient (Wildman–Crippen LogP) is 1.67. The SMILES string of the molecule is O=C(O)Nc1ccc(N2S(=O)(=O)c3ccccc3S2(=O)=O)cc1. The van der Waals surface area contributed by atoms with E-state index < -0.39 is 26.1 Å². The first-order valence-electron chi connectivity index (χ1n) is 6.24. The van der Waals surface area contributed by atoms with Crippen LogP contribution in [0.15, 0.2) is 58.3 Å². The van der Waals surface area contributed by atoms with Gasteiger partial charge < -0.3 is 5.11 Å². The van der Waals surface area contributed by atoms with E-state index >= 15 is 0 Å². The van der Waals surface area contributed by atoms with E-state index in [-0.39, 0.29) is 21.2 Å². The van der Waals surface area contributed by atoms with Crippen molar-refractivity contribution in [3.05, 3.63) is 48.5 Å². The minimum Gasteiger partial charge on any atom is -0.465 e. The molecule has 23 heavy (non-hydrogen) atoms. The Kier molecular flexibility index (Phi) is 3.30. The molecule has 0 bridgehead atoms. The Morgan fingerprint density at radius 2 is 1.35 bits per heavy atom. The van der Waals surface area contributed by atoms with Crippen molar-refractivity contribution in [1.82, 2.24) is 0 Å². The van der Waals surface area contributed by atoms with Crippen LogP contribution in [0.4, 0.5) is 16.2 Å². The van der Waals surface area contributed by atoms with E-state index in [0.717, 1.165) is 0 Å². The second-order valence-corrected chi connectivity index (χ2v) is 8.37. The number of hydrogen-bond acceptors (Lipinski definition) is 5. The Hall–Kier alpha value is -2.59. The summed E-state index contributed by atoms with van der Waals surface area (Å²) in [5.41, 5.74) is 0.0879. The number of fused-ring (bicyclic) bond motifs is 1. The fourth-order valence-corrected chi connectivity index (χ4v) is 6.70. The van der Waals surface area contributed by atoms with Crippen molar-refractivity contribution in [2.45, 2.75) is 9.79 Å². The standard InChI is InChI=1S/C13H10N2O6S2/c16-13(17)14-9-5-7-10(8-6-9)15-22(18,19)11-3-1-2-4-12(11)23(15,20)21/h1-8,14H,(H,16,17). The molecule has 0 saturated heterocycles. The molecule has 1 aliphatic rings. The highest BCUT2D eigenvalue weighted by Gasteiger charge is 2.47. The van der Waals surface area contributed by atoms with E-state index in [0.29, 0.717) is 3.71 Å². The van der Waals surface area contributed by atoms with Crippen molar-refractivity contribution in [2.24, 2.45) is 0 Å². The minimum absolute atomic E-state index is 0.0999. The van der Waals surface area contributed by atoms with E-state index in [1.165, 1.54) is 48.5 Å². The fourth-order valence-electron chi connectivity index (χ4n) is 2.25. The molecule has 8 nitrogen and oxygen atoms in total. The Bertz CT molecular complexity index is 944. The number of benzene rings is 2. The summed E-state index contributed by atoms with van der Waals surface area (Å²) in [7, 11) is -8.47. The van der Waals surface area contributed by atoms with Crippen molar-refractivity contribution in [3.8, 4) is 0 Å². The highest BCUT2D eigenvalue weighted by Crippen LogP contribution is 2.40. The lowest BCUT2D eigenvalue weighted by Crippen LogP contribution is -2.30. The average Bonchev–Trinajstić information content (AvgIpc) is 2.64. The largest absolute Gasteiger partial charge is 0.465 e. The molecule has 2 N–H and O–H groups in total. The maximum atomic E-state index is 12.5. The Balaban J connectivity index is 2.13. The van der Waals surface area contributed by atoms with Crippen molar-refractivity contribution < 1.29 is 26.7 Å². The summed E-state index contributed by atoms with van der Waals surface area (Å²) in [5.74, 6) is 0. The first-order chi connectivity index (χ1) is 10.7. The van der Waals surface area contributed by atoms with Gasteiger partial charge in [-0.05, 0) is 36.4 Å². The van der Waals surface area contributed by atoms with Crippen molar-refractivity contribution in [1.29, 1.82) is 0 Å². The first kappa shape index (κ1) is 15.3. The zero-order chi connectivity index (χ0) is 16.8. The second-order valence-electron chi connectivity index (χ2n) is 4.63. The molecule has 0 atom stereocenters. The van der Waals surface area contributed by atoms with E-state index in [1.54, 1.807) is 0 Å². The molecular formula is C13H10N2O6S2. The molecule has 1 aliphatic heterocycles. The summed E-state index contributed by atoms with van der Waals surface area (Å²) in [6.45, 7) is 0. The lowest BCUT2D eigenvalue weighted by Gasteiger charge is -2.16. The van der Waals surface area contributed by atoms with Gasteiger partial charge in [-0.25, -0.2) is 4.79 Å². The number of nitrogens with one attached hydrogen (secondary N) is 1. The number of rotatable bonds is 2. The molecule has 0 radical (unpaired) electrons. The number of hydrogen-bond donors (Lipinski definition) is 2. The highest BCUT2D eigenvalue weighted by molar-refractivity contribution is 8.12. The Morgan fingerprint density at radius 3 is 1.78 bits per heavy atom. The molecule has 1 amide bonds. The third-order valence-corrected chi connectivity index (χ3v) is 7.60.